The molecule has 0 radical (unpaired) electrons. The summed E-state index contributed by atoms with van der Waals surface area (Å²) in [4.78, 5) is 49.3. The van der Waals surface area contributed by atoms with Crippen LogP contribution in [0.4, 0.5) is 0 Å². The third kappa shape index (κ3) is 9.09. The molecule has 0 heterocycles. The maximum atomic E-state index is 12.4. The molecule has 30 heavy (non-hydrogen) atoms. The Morgan fingerprint density at radius 2 is 1.03 bits per heavy atom. The van der Waals surface area contributed by atoms with E-state index in [1.807, 2.05) is 0 Å². The summed E-state index contributed by atoms with van der Waals surface area (Å²) in [6.07, 6.45) is 16.0. The molecule has 1 atom stereocenters. The fourth-order valence-electron chi connectivity index (χ4n) is 4.42. The van der Waals surface area contributed by atoms with Gasteiger partial charge in [0.15, 0.2) is 17.0 Å². The zero-order valence-electron chi connectivity index (χ0n) is 20.0. The summed E-state index contributed by atoms with van der Waals surface area (Å²) in [6.45, 7) is 5.97. The quantitative estimate of drug-likeness (QED) is 0.144. The van der Waals surface area contributed by atoms with Gasteiger partial charge < -0.3 is 4.74 Å². The third-order valence-corrected chi connectivity index (χ3v) is 6.23. The lowest BCUT2D eigenvalue weighted by Gasteiger charge is -2.32. The smallest absolute Gasteiger partial charge is 0.327 e. The topological polar surface area (TPSA) is 77.5 Å². The highest BCUT2D eigenvalue weighted by atomic mass is 16.5. The van der Waals surface area contributed by atoms with E-state index in [2.05, 4.69) is 6.92 Å². The molecule has 0 amide bonds. The van der Waals surface area contributed by atoms with E-state index in [1.165, 1.54) is 78.6 Å². The van der Waals surface area contributed by atoms with Crippen LogP contribution in [0.15, 0.2) is 0 Å². The number of esters is 1. The van der Waals surface area contributed by atoms with Crippen molar-refractivity contribution in [3.63, 3.8) is 0 Å². The van der Waals surface area contributed by atoms with Crippen LogP contribution < -0.4 is 0 Å². The van der Waals surface area contributed by atoms with Gasteiger partial charge in [-0.05, 0) is 27.2 Å². The summed E-state index contributed by atoms with van der Waals surface area (Å²) in [6, 6.07) is 0. The van der Waals surface area contributed by atoms with Gasteiger partial charge in [-0.15, -0.1) is 0 Å². The number of methoxy groups -OCH3 is 1. The average Bonchev–Trinajstić information content (AvgIpc) is 2.69. The van der Waals surface area contributed by atoms with E-state index in [-0.39, 0.29) is 5.78 Å². The number of Topliss-reactive ketones (excluding diaryl/α,β-unsaturated/α-hetero) is 3. The van der Waals surface area contributed by atoms with Gasteiger partial charge in [0.25, 0.3) is 0 Å². The van der Waals surface area contributed by atoms with Gasteiger partial charge in [0, 0.05) is 5.92 Å². The number of ketones is 3. The van der Waals surface area contributed by atoms with Crippen LogP contribution in [0.5, 0.6) is 0 Å². The van der Waals surface area contributed by atoms with Gasteiger partial charge in [-0.3, -0.25) is 19.2 Å². The van der Waals surface area contributed by atoms with Crippen LogP contribution in [0.2, 0.25) is 0 Å². The van der Waals surface area contributed by atoms with E-state index >= 15 is 0 Å². The zero-order valence-corrected chi connectivity index (χ0v) is 20.0. The highest BCUT2D eigenvalue weighted by Crippen LogP contribution is 2.36. The second kappa shape index (κ2) is 16.2. The molecule has 0 aliphatic carbocycles. The molecule has 0 fully saturated rings. The van der Waals surface area contributed by atoms with Gasteiger partial charge in [-0.1, -0.05) is 90.4 Å². The Labute approximate surface area is 183 Å². The molecule has 0 saturated carbocycles. The minimum Gasteiger partial charge on any atom is -0.468 e. The van der Waals surface area contributed by atoms with Crippen molar-refractivity contribution < 1.29 is 23.9 Å². The van der Waals surface area contributed by atoms with E-state index in [4.69, 9.17) is 4.74 Å². The van der Waals surface area contributed by atoms with Crippen LogP contribution in [-0.4, -0.2) is 30.4 Å². The number of carbonyl (C=O) groups is 4. The number of ether oxygens (including phenoxy) is 1. The Bertz CT molecular complexity index is 524. The summed E-state index contributed by atoms with van der Waals surface area (Å²) in [5.74, 6) is -3.41. The predicted octanol–water partition coefficient (Wildman–Crippen LogP) is 6.01. The standard InChI is InChI=1S/C25H44O5/c1-6-7-8-9-10-11-12-13-14-15-16-17-18-19-23(20(2)26)25(21(3)27,22(4)28)24(29)30-5/h23H,6-19H2,1-5H3. The monoisotopic (exact) mass is 424 g/mol. The number of carbonyl (C=O) groups excluding carboxylic acids is 4. The molecule has 0 rings (SSSR count). The van der Waals surface area contributed by atoms with E-state index in [0.717, 1.165) is 26.4 Å². The minimum absolute atomic E-state index is 0.315. The molecule has 0 spiro atoms. The van der Waals surface area contributed by atoms with Crippen molar-refractivity contribution in [2.75, 3.05) is 7.11 Å². The Morgan fingerprint density at radius 3 is 1.33 bits per heavy atom. The Hall–Kier alpha value is -1.52. The number of hydrogen-bond acceptors (Lipinski definition) is 5. The maximum Gasteiger partial charge on any atom is 0.327 e. The first-order chi connectivity index (χ1) is 14.3. The SMILES string of the molecule is CCCCCCCCCCCCCCCC(C(C)=O)C(C(C)=O)(C(C)=O)C(=O)OC. The molecule has 174 valence electrons. The van der Waals surface area contributed by atoms with Crippen LogP contribution in [0.3, 0.4) is 0 Å². The molecule has 0 aromatic heterocycles. The maximum absolute atomic E-state index is 12.4. The average molecular weight is 425 g/mol. The summed E-state index contributed by atoms with van der Waals surface area (Å²) in [5, 5.41) is 0. The van der Waals surface area contributed by atoms with Crippen molar-refractivity contribution in [2.45, 2.75) is 118 Å². The minimum atomic E-state index is -2.00. The Balaban J connectivity index is 4.35. The summed E-state index contributed by atoms with van der Waals surface area (Å²) >= 11 is 0. The molecule has 1 unspecified atom stereocenters. The first-order valence-corrected chi connectivity index (χ1v) is 11.9. The predicted molar refractivity (Wildman–Crippen MR) is 120 cm³/mol. The largest absolute Gasteiger partial charge is 0.468 e. The van der Waals surface area contributed by atoms with Crippen molar-refractivity contribution >= 4 is 23.3 Å². The summed E-state index contributed by atoms with van der Waals surface area (Å²) in [7, 11) is 1.14. The van der Waals surface area contributed by atoms with E-state index in [0.29, 0.717) is 12.8 Å². The van der Waals surface area contributed by atoms with Gasteiger partial charge in [0.2, 0.25) is 0 Å². The van der Waals surface area contributed by atoms with Crippen molar-refractivity contribution in [1.29, 1.82) is 0 Å². The molecule has 5 heteroatoms. The third-order valence-electron chi connectivity index (χ3n) is 6.23. The van der Waals surface area contributed by atoms with Gasteiger partial charge in [0.05, 0.1) is 7.11 Å². The van der Waals surface area contributed by atoms with Gasteiger partial charge in [-0.25, -0.2) is 0 Å². The van der Waals surface area contributed by atoms with Crippen LogP contribution in [0.25, 0.3) is 0 Å². The van der Waals surface area contributed by atoms with Crippen molar-refractivity contribution in [3.8, 4) is 0 Å². The van der Waals surface area contributed by atoms with Crippen molar-refractivity contribution in [3.05, 3.63) is 0 Å². The zero-order chi connectivity index (χ0) is 23.0. The van der Waals surface area contributed by atoms with E-state index in [9.17, 15) is 19.2 Å². The van der Waals surface area contributed by atoms with Gasteiger partial charge in [0.1, 0.15) is 5.78 Å². The first kappa shape index (κ1) is 28.5. The lowest BCUT2D eigenvalue weighted by Crippen LogP contribution is -2.53. The summed E-state index contributed by atoms with van der Waals surface area (Å²) < 4.78 is 4.76. The highest BCUT2D eigenvalue weighted by Gasteiger charge is 2.56. The molecule has 0 aromatic rings. The second-order valence-electron chi connectivity index (χ2n) is 8.61. The van der Waals surface area contributed by atoms with Crippen LogP contribution in [-0.2, 0) is 23.9 Å². The lowest BCUT2D eigenvalue weighted by atomic mass is 9.66. The fourth-order valence-corrected chi connectivity index (χ4v) is 4.42. The normalized spacial score (nSPS) is 12.4. The van der Waals surface area contributed by atoms with E-state index in [1.54, 1.807) is 0 Å². The van der Waals surface area contributed by atoms with E-state index < -0.39 is 28.9 Å². The van der Waals surface area contributed by atoms with Crippen LogP contribution in [0.1, 0.15) is 118 Å². The molecule has 0 bridgehead atoms. The molecule has 0 aromatic carbocycles. The Kier molecular flexibility index (Phi) is 15.4. The molecular formula is C25H44O5. The summed E-state index contributed by atoms with van der Waals surface area (Å²) in [5.41, 5.74) is -2.00. The Morgan fingerprint density at radius 1 is 0.667 bits per heavy atom. The molecule has 0 saturated heterocycles. The fraction of sp³-hybridized carbons (Fsp3) is 0.840. The van der Waals surface area contributed by atoms with Crippen LogP contribution >= 0.6 is 0 Å². The molecular weight excluding hydrogens is 380 g/mol. The second-order valence-corrected chi connectivity index (χ2v) is 8.61. The number of rotatable bonds is 19. The highest BCUT2D eigenvalue weighted by molar-refractivity contribution is 6.23. The lowest BCUT2D eigenvalue weighted by molar-refractivity contribution is -0.168. The van der Waals surface area contributed by atoms with Crippen LogP contribution in [0, 0.1) is 11.3 Å². The van der Waals surface area contributed by atoms with Gasteiger partial charge in [-0.2, -0.15) is 0 Å². The first-order valence-electron chi connectivity index (χ1n) is 11.9. The number of unbranched alkanes of at least 4 members (excludes halogenated alkanes) is 12. The molecule has 5 nitrogen and oxygen atoms in total. The molecule has 0 N–H and O–H groups in total. The number of hydrogen-bond donors (Lipinski definition) is 0. The molecule has 0 aliphatic heterocycles. The molecule has 0 aliphatic rings. The van der Waals surface area contributed by atoms with Crippen molar-refractivity contribution in [1.82, 2.24) is 0 Å². The van der Waals surface area contributed by atoms with Crippen molar-refractivity contribution in [2.24, 2.45) is 11.3 Å². The van der Waals surface area contributed by atoms with Gasteiger partial charge >= 0.3 is 5.97 Å².